The molecule has 0 aliphatic heterocycles. The van der Waals surface area contributed by atoms with E-state index in [0.29, 0.717) is 0 Å². The van der Waals surface area contributed by atoms with Crippen molar-refractivity contribution >= 4 is 0 Å². The van der Waals surface area contributed by atoms with Crippen molar-refractivity contribution in [3.05, 3.63) is 22.3 Å². The van der Waals surface area contributed by atoms with Gasteiger partial charge in [0.15, 0.2) is 0 Å². The van der Waals surface area contributed by atoms with Gasteiger partial charge in [0.05, 0.1) is 0 Å². The van der Waals surface area contributed by atoms with E-state index in [-0.39, 0.29) is 0 Å². The third-order valence-corrected chi connectivity index (χ3v) is 6.94. The summed E-state index contributed by atoms with van der Waals surface area (Å²) in [6.07, 6.45) is 18.7. The van der Waals surface area contributed by atoms with Crippen molar-refractivity contribution in [2.75, 3.05) is 0 Å². The molecule has 0 amide bonds. The lowest BCUT2D eigenvalue weighted by Gasteiger charge is -2.31. The van der Waals surface area contributed by atoms with Crippen molar-refractivity contribution in [2.45, 2.75) is 104 Å². The van der Waals surface area contributed by atoms with E-state index in [4.69, 9.17) is 0 Å². The lowest BCUT2D eigenvalue weighted by Crippen LogP contribution is -2.19. The van der Waals surface area contributed by atoms with E-state index in [9.17, 15) is 0 Å². The Morgan fingerprint density at radius 1 is 0.696 bits per heavy atom. The molecule has 0 nitrogen and oxygen atoms in total. The molecule has 2 fully saturated rings. The molecule has 3 aliphatic carbocycles. The van der Waals surface area contributed by atoms with Crippen LogP contribution in [0.5, 0.6) is 0 Å². The van der Waals surface area contributed by atoms with Crippen molar-refractivity contribution in [1.82, 2.24) is 0 Å². The average Bonchev–Trinajstić information content (AvgIpc) is 2.88. The highest BCUT2D eigenvalue weighted by Gasteiger charge is 2.37. The second kappa shape index (κ2) is 8.04. The maximum absolute atomic E-state index is 2.58. The van der Waals surface area contributed by atoms with Crippen molar-refractivity contribution in [3.8, 4) is 0 Å². The minimum Gasteiger partial charge on any atom is -0.0651 e. The van der Waals surface area contributed by atoms with Gasteiger partial charge in [-0.15, -0.1) is 0 Å². The normalized spacial score (nSPS) is 28.0. The van der Waals surface area contributed by atoms with Crippen LogP contribution in [-0.2, 0) is 0 Å². The smallest absolute Gasteiger partial charge is 0.000402 e. The van der Waals surface area contributed by atoms with Crippen LogP contribution in [0.1, 0.15) is 104 Å². The van der Waals surface area contributed by atoms with Gasteiger partial charge in [-0.25, -0.2) is 0 Å². The van der Waals surface area contributed by atoms with Crippen LogP contribution in [0.2, 0.25) is 0 Å². The van der Waals surface area contributed by atoms with Crippen LogP contribution >= 0.6 is 0 Å². The van der Waals surface area contributed by atoms with Crippen molar-refractivity contribution in [1.29, 1.82) is 0 Å². The molecule has 130 valence electrons. The van der Waals surface area contributed by atoms with Crippen LogP contribution in [0.15, 0.2) is 22.3 Å². The molecule has 1 unspecified atom stereocenters. The van der Waals surface area contributed by atoms with Crippen molar-refractivity contribution in [3.63, 3.8) is 0 Å². The quantitative estimate of drug-likeness (QED) is 0.490. The molecular weight excluding hydrogens is 276 g/mol. The summed E-state index contributed by atoms with van der Waals surface area (Å²) in [5.74, 6) is 2.61. The molecule has 0 spiro atoms. The molecule has 23 heavy (non-hydrogen) atoms. The van der Waals surface area contributed by atoms with Gasteiger partial charge in [0.2, 0.25) is 0 Å². The van der Waals surface area contributed by atoms with Gasteiger partial charge >= 0.3 is 0 Å². The van der Waals surface area contributed by atoms with Gasteiger partial charge in [0.25, 0.3) is 0 Å². The summed E-state index contributed by atoms with van der Waals surface area (Å²) < 4.78 is 0. The molecule has 0 aromatic rings. The third-order valence-electron chi connectivity index (χ3n) is 6.94. The molecule has 0 aromatic carbocycles. The lowest BCUT2D eigenvalue weighted by molar-refractivity contribution is 0.358. The molecule has 0 saturated heterocycles. The van der Waals surface area contributed by atoms with E-state index in [2.05, 4.69) is 20.8 Å². The van der Waals surface area contributed by atoms with Crippen molar-refractivity contribution in [2.24, 2.45) is 17.8 Å². The van der Waals surface area contributed by atoms with E-state index in [1.165, 1.54) is 83.5 Å². The first-order valence-electron chi connectivity index (χ1n) is 10.7. The Morgan fingerprint density at radius 2 is 1.17 bits per heavy atom. The van der Waals surface area contributed by atoms with E-state index in [0.717, 1.165) is 17.8 Å². The lowest BCUT2D eigenvalue weighted by atomic mass is 9.74. The zero-order chi connectivity index (χ0) is 16.2. The van der Waals surface area contributed by atoms with Crippen LogP contribution in [-0.4, -0.2) is 0 Å². The van der Waals surface area contributed by atoms with Gasteiger partial charge in [-0.2, -0.15) is 0 Å². The second-order valence-electron chi connectivity index (χ2n) is 8.36. The van der Waals surface area contributed by atoms with Gasteiger partial charge in [-0.1, -0.05) is 76.9 Å². The predicted molar refractivity (Wildman–Crippen MR) is 102 cm³/mol. The number of hydrogen-bond donors (Lipinski definition) is 0. The largest absolute Gasteiger partial charge is 0.0651 e. The van der Waals surface area contributed by atoms with Gasteiger partial charge in [0.1, 0.15) is 0 Å². The van der Waals surface area contributed by atoms with E-state index in [1.807, 2.05) is 22.3 Å². The van der Waals surface area contributed by atoms with Crippen LogP contribution in [0.25, 0.3) is 0 Å². The van der Waals surface area contributed by atoms with E-state index >= 15 is 0 Å². The highest BCUT2D eigenvalue weighted by molar-refractivity contribution is 5.51. The maximum atomic E-state index is 2.58. The Balaban J connectivity index is 1.92. The summed E-state index contributed by atoms with van der Waals surface area (Å²) in [7, 11) is 0. The molecule has 3 rings (SSSR count). The molecule has 0 heteroatoms. The number of allylic oxidation sites excluding steroid dienone is 4. The third kappa shape index (κ3) is 3.47. The molecule has 1 atom stereocenters. The van der Waals surface area contributed by atoms with Gasteiger partial charge in [-0.3, -0.25) is 0 Å². The zero-order valence-electron chi connectivity index (χ0n) is 15.9. The summed E-state index contributed by atoms with van der Waals surface area (Å²) in [6.45, 7) is 7.37. The Kier molecular flexibility index (Phi) is 6.05. The van der Waals surface area contributed by atoms with E-state index < -0.39 is 0 Å². The highest BCUT2D eigenvalue weighted by Crippen LogP contribution is 2.51. The Bertz CT molecular complexity index is 452. The number of rotatable bonds is 5. The summed E-state index contributed by atoms with van der Waals surface area (Å²) >= 11 is 0. The minimum atomic E-state index is 0.776. The highest BCUT2D eigenvalue weighted by atomic mass is 14.4. The standard InChI is InChI=1S/C23H38/c1-4-12-21-20(5-2)22(18-13-8-6-9-14-18)17(3)23(21)19-15-10-7-11-16-19/h17-19H,4-16H2,1-3H3. The van der Waals surface area contributed by atoms with Crippen LogP contribution < -0.4 is 0 Å². The van der Waals surface area contributed by atoms with Gasteiger partial charge in [-0.05, 0) is 67.4 Å². The SMILES string of the molecule is CCCC1=C(C2CCCCC2)C(C)C(C2CCCCC2)=C1CC. The topological polar surface area (TPSA) is 0 Å². The number of hydrogen-bond acceptors (Lipinski definition) is 0. The summed E-state index contributed by atoms with van der Waals surface area (Å²) in [4.78, 5) is 0. The monoisotopic (exact) mass is 314 g/mol. The first kappa shape index (κ1) is 17.3. The fourth-order valence-corrected chi connectivity index (χ4v) is 6.03. The second-order valence-corrected chi connectivity index (χ2v) is 8.36. The molecule has 0 radical (unpaired) electrons. The predicted octanol–water partition coefficient (Wildman–Crippen LogP) is 7.60. The van der Waals surface area contributed by atoms with Gasteiger partial charge in [0, 0.05) is 0 Å². The Hall–Kier alpha value is -0.520. The maximum Gasteiger partial charge on any atom is -0.000402 e. The first-order valence-corrected chi connectivity index (χ1v) is 10.7. The first-order chi connectivity index (χ1) is 11.3. The molecular formula is C23H38. The zero-order valence-corrected chi connectivity index (χ0v) is 15.9. The summed E-state index contributed by atoms with van der Waals surface area (Å²) in [5, 5.41) is 0. The fraction of sp³-hybridized carbons (Fsp3) is 0.826. The van der Waals surface area contributed by atoms with Crippen LogP contribution in [0, 0.1) is 17.8 Å². The van der Waals surface area contributed by atoms with Crippen LogP contribution in [0.3, 0.4) is 0 Å². The summed E-state index contributed by atoms with van der Waals surface area (Å²) in [5.41, 5.74) is 7.50. The van der Waals surface area contributed by atoms with E-state index in [1.54, 1.807) is 0 Å². The Morgan fingerprint density at radius 3 is 1.61 bits per heavy atom. The molecule has 0 aromatic heterocycles. The molecule has 0 heterocycles. The molecule has 3 aliphatic rings. The Labute approximate surface area is 144 Å². The van der Waals surface area contributed by atoms with Crippen LogP contribution in [0.4, 0.5) is 0 Å². The molecule has 0 bridgehead atoms. The minimum absolute atomic E-state index is 0.776. The molecule has 0 N–H and O–H groups in total. The van der Waals surface area contributed by atoms with Crippen molar-refractivity contribution < 1.29 is 0 Å². The molecule has 2 saturated carbocycles. The summed E-state index contributed by atoms with van der Waals surface area (Å²) in [6, 6.07) is 0. The fourth-order valence-electron chi connectivity index (χ4n) is 6.03. The average molecular weight is 315 g/mol. The van der Waals surface area contributed by atoms with Gasteiger partial charge < -0.3 is 0 Å².